The van der Waals surface area contributed by atoms with E-state index in [0.29, 0.717) is 23.9 Å². The number of rotatable bonds is 4. The number of amides is 1. The molecule has 1 aromatic carbocycles. The van der Waals surface area contributed by atoms with Gasteiger partial charge in [-0.1, -0.05) is 11.6 Å². The van der Waals surface area contributed by atoms with Crippen molar-refractivity contribution in [3.05, 3.63) is 29.3 Å². The molecule has 1 N–H and O–H groups in total. The van der Waals surface area contributed by atoms with Crippen LogP contribution in [0.15, 0.2) is 24.3 Å². The van der Waals surface area contributed by atoms with E-state index in [-0.39, 0.29) is 12.0 Å². The number of benzene rings is 1. The Hall–Kier alpha value is -1.10. The molecule has 4 nitrogen and oxygen atoms in total. The summed E-state index contributed by atoms with van der Waals surface area (Å²) in [6.07, 6.45) is 0.0102. The lowest BCUT2D eigenvalue weighted by atomic mass is 10.1. The first-order chi connectivity index (χ1) is 8.47. The quantitative estimate of drug-likeness (QED) is 0.913. The van der Waals surface area contributed by atoms with Gasteiger partial charge in [-0.05, 0) is 38.1 Å². The average molecular weight is 270 g/mol. The molecule has 0 saturated carbocycles. The lowest BCUT2D eigenvalue weighted by Gasteiger charge is -2.34. The SMILES string of the molecule is CC(C)(OC1COC1)C(=O)Nc1ccc(Cl)cc1. The molecule has 1 amide bonds. The van der Waals surface area contributed by atoms with Gasteiger partial charge in [0.05, 0.1) is 13.2 Å². The van der Waals surface area contributed by atoms with Crippen molar-refractivity contribution >= 4 is 23.2 Å². The third-order valence-corrected chi connectivity index (χ3v) is 2.97. The molecule has 18 heavy (non-hydrogen) atoms. The maximum absolute atomic E-state index is 12.1. The highest BCUT2D eigenvalue weighted by molar-refractivity contribution is 6.30. The Morgan fingerprint density at radius 2 is 2.00 bits per heavy atom. The second-order valence-corrected chi connectivity index (χ2v) is 5.19. The van der Waals surface area contributed by atoms with Gasteiger partial charge in [0.1, 0.15) is 11.7 Å². The van der Waals surface area contributed by atoms with Crippen LogP contribution in [-0.4, -0.2) is 30.8 Å². The van der Waals surface area contributed by atoms with Crippen molar-refractivity contribution in [2.75, 3.05) is 18.5 Å². The fourth-order valence-electron chi connectivity index (χ4n) is 1.57. The summed E-state index contributed by atoms with van der Waals surface area (Å²) in [5.41, 5.74) is -0.181. The number of hydrogen-bond donors (Lipinski definition) is 1. The van der Waals surface area contributed by atoms with Gasteiger partial charge >= 0.3 is 0 Å². The molecule has 0 aliphatic carbocycles. The summed E-state index contributed by atoms with van der Waals surface area (Å²) in [6.45, 7) is 4.60. The van der Waals surface area contributed by atoms with Crippen molar-refractivity contribution in [1.29, 1.82) is 0 Å². The molecule has 0 aromatic heterocycles. The van der Waals surface area contributed by atoms with Crippen LogP contribution in [0.1, 0.15) is 13.8 Å². The Morgan fingerprint density at radius 3 is 2.50 bits per heavy atom. The maximum Gasteiger partial charge on any atom is 0.256 e. The van der Waals surface area contributed by atoms with E-state index < -0.39 is 5.60 Å². The topological polar surface area (TPSA) is 47.6 Å². The fraction of sp³-hybridized carbons (Fsp3) is 0.462. The minimum absolute atomic E-state index is 0.0102. The summed E-state index contributed by atoms with van der Waals surface area (Å²) in [4.78, 5) is 12.1. The first kappa shape index (κ1) is 13.3. The fourth-order valence-corrected chi connectivity index (χ4v) is 1.69. The third kappa shape index (κ3) is 3.22. The standard InChI is InChI=1S/C13H16ClNO3/c1-13(2,18-11-7-17-8-11)12(16)15-10-5-3-9(14)4-6-10/h3-6,11H,7-8H2,1-2H3,(H,15,16). The average Bonchev–Trinajstić information content (AvgIpc) is 2.27. The van der Waals surface area contributed by atoms with Crippen molar-refractivity contribution in [2.24, 2.45) is 0 Å². The van der Waals surface area contributed by atoms with Crippen molar-refractivity contribution in [3.8, 4) is 0 Å². The van der Waals surface area contributed by atoms with Crippen molar-refractivity contribution < 1.29 is 14.3 Å². The van der Waals surface area contributed by atoms with Crippen LogP contribution in [-0.2, 0) is 14.3 Å². The number of nitrogens with one attached hydrogen (secondary N) is 1. The summed E-state index contributed by atoms with van der Waals surface area (Å²) in [5.74, 6) is -0.184. The third-order valence-electron chi connectivity index (χ3n) is 2.72. The van der Waals surface area contributed by atoms with E-state index in [1.54, 1.807) is 38.1 Å². The summed E-state index contributed by atoms with van der Waals surface area (Å²) >= 11 is 5.78. The van der Waals surface area contributed by atoms with Crippen LogP contribution in [0.4, 0.5) is 5.69 Å². The van der Waals surface area contributed by atoms with Crippen LogP contribution in [0, 0.1) is 0 Å². The van der Waals surface area contributed by atoms with Crippen LogP contribution in [0.2, 0.25) is 5.02 Å². The van der Waals surface area contributed by atoms with Crippen molar-refractivity contribution in [1.82, 2.24) is 0 Å². The van der Waals surface area contributed by atoms with Gasteiger partial charge in [0, 0.05) is 10.7 Å². The summed E-state index contributed by atoms with van der Waals surface area (Å²) < 4.78 is 10.7. The van der Waals surface area contributed by atoms with Gasteiger partial charge in [-0.3, -0.25) is 4.79 Å². The molecule has 0 spiro atoms. The molecule has 0 radical (unpaired) electrons. The van der Waals surface area contributed by atoms with Crippen LogP contribution in [0.3, 0.4) is 0 Å². The van der Waals surface area contributed by atoms with Gasteiger partial charge in [-0.15, -0.1) is 0 Å². The van der Waals surface area contributed by atoms with E-state index in [1.807, 2.05) is 0 Å². The molecule has 1 fully saturated rings. The van der Waals surface area contributed by atoms with Crippen LogP contribution >= 0.6 is 11.6 Å². The smallest absolute Gasteiger partial charge is 0.256 e. The minimum Gasteiger partial charge on any atom is -0.376 e. The van der Waals surface area contributed by atoms with Gasteiger partial charge in [-0.25, -0.2) is 0 Å². The number of carbonyl (C=O) groups is 1. The van der Waals surface area contributed by atoms with E-state index >= 15 is 0 Å². The van der Waals surface area contributed by atoms with Crippen LogP contribution in [0.5, 0.6) is 0 Å². The Morgan fingerprint density at radius 1 is 1.39 bits per heavy atom. The normalized spacial score (nSPS) is 16.2. The Bertz CT molecular complexity index is 426. The molecule has 5 heteroatoms. The largest absolute Gasteiger partial charge is 0.376 e. The summed E-state index contributed by atoms with van der Waals surface area (Å²) in [7, 11) is 0. The predicted molar refractivity (Wildman–Crippen MR) is 69.9 cm³/mol. The predicted octanol–water partition coefficient (Wildman–Crippen LogP) is 2.47. The number of carbonyl (C=O) groups excluding carboxylic acids is 1. The summed E-state index contributed by atoms with van der Waals surface area (Å²) in [6, 6.07) is 6.96. The van der Waals surface area contributed by atoms with E-state index in [9.17, 15) is 4.79 Å². The highest BCUT2D eigenvalue weighted by Gasteiger charge is 2.34. The first-order valence-electron chi connectivity index (χ1n) is 5.80. The van der Waals surface area contributed by atoms with Crippen molar-refractivity contribution in [3.63, 3.8) is 0 Å². The number of hydrogen-bond acceptors (Lipinski definition) is 3. The van der Waals surface area contributed by atoms with Gasteiger partial charge < -0.3 is 14.8 Å². The molecule has 0 bridgehead atoms. The maximum atomic E-state index is 12.1. The van der Waals surface area contributed by atoms with E-state index in [0.717, 1.165) is 0 Å². The molecular formula is C13H16ClNO3. The molecule has 1 aromatic rings. The molecule has 0 unspecified atom stereocenters. The van der Waals surface area contributed by atoms with Crippen molar-refractivity contribution in [2.45, 2.75) is 25.6 Å². The van der Waals surface area contributed by atoms with Gasteiger partial charge in [-0.2, -0.15) is 0 Å². The minimum atomic E-state index is -0.881. The zero-order chi connectivity index (χ0) is 13.2. The van der Waals surface area contributed by atoms with E-state index in [1.165, 1.54) is 0 Å². The molecule has 2 rings (SSSR count). The molecule has 1 heterocycles. The monoisotopic (exact) mass is 269 g/mol. The number of halogens is 1. The molecule has 1 saturated heterocycles. The van der Waals surface area contributed by atoms with E-state index in [2.05, 4.69) is 5.32 Å². The number of ether oxygens (including phenoxy) is 2. The Balaban J connectivity index is 1.95. The molecule has 98 valence electrons. The van der Waals surface area contributed by atoms with Gasteiger partial charge in [0.2, 0.25) is 0 Å². The molecule has 0 atom stereocenters. The Kier molecular flexibility index (Phi) is 3.90. The number of anilines is 1. The lowest BCUT2D eigenvalue weighted by Crippen LogP contribution is -2.48. The van der Waals surface area contributed by atoms with Gasteiger partial charge in [0.25, 0.3) is 5.91 Å². The molecule has 1 aliphatic rings. The second kappa shape index (κ2) is 5.26. The summed E-state index contributed by atoms with van der Waals surface area (Å²) in [5, 5.41) is 3.43. The van der Waals surface area contributed by atoms with Crippen LogP contribution < -0.4 is 5.32 Å². The van der Waals surface area contributed by atoms with Gasteiger partial charge in [0.15, 0.2) is 0 Å². The highest BCUT2D eigenvalue weighted by Crippen LogP contribution is 2.20. The zero-order valence-corrected chi connectivity index (χ0v) is 11.2. The molecular weight excluding hydrogens is 254 g/mol. The lowest BCUT2D eigenvalue weighted by molar-refractivity contribution is -0.186. The second-order valence-electron chi connectivity index (χ2n) is 4.75. The first-order valence-corrected chi connectivity index (χ1v) is 6.18. The highest BCUT2D eigenvalue weighted by atomic mass is 35.5. The Labute approximate surface area is 111 Å². The van der Waals surface area contributed by atoms with Crippen LogP contribution in [0.25, 0.3) is 0 Å². The zero-order valence-electron chi connectivity index (χ0n) is 10.4. The molecule has 1 aliphatic heterocycles. The van der Waals surface area contributed by atoms with E-state index in [4.69, 9.17) is 21.1 Å².